The summed E-state index contributed by atoms with van der Waals surface area (Å²) in [7, 11) is 2.84. The van der Waals surface area contributed by atoms with E-state index in [-0.39, 0.29) is 29.2 Å². The summed E-state index contributed by atoms with van der Waals surface area (Å²) in [6, 6.07) is 4.80. The molecule has 6 N–H and O–H groups in total. The third-order valence-corrected chi connectivity index (χ3v) is 7.05. The molecule has 164 valence electrons. The number of nitrogens with two attached hydrogens (primary N) is 1. The lowest BCUT2D eigenvalue weighted by Gasteiger charge is -2.53. The minimum absolute atomic E-state index is 0.0383. The van der Waals surface area contributed by atoms with Crippen LogP contribution in [0.25, 0.3) is 5.76 Å². The van der Waals surface area contributed by atoms with E-state index in [0.29, 0.717) is 5.56 Å². The van der Waals surface area contributed by atoms with E-state index < -0.39 is 58.0 Å². The van der Waals surface area contributed by atoms with Gasteiger partial charge in [0.05, 0.1) is 11.7 Å². The number of phenolic OH excluding ortho intramolecular Hbond substituents is 1. The third-order valence-electron chi connectivity index (χ3n) is 7.05. The normalized spacial score (nSPS) is 32.5. The molecule has 1 amide bonds. The van der Waals surface area contributed by atoms with Gasteiger partial charge in [0.2, 0.25) is 0 Å². The Bertz CT molecular complexity index is 1090. The molecule has 31 heavy (non-hydrogen) atoms. The molecular formula is C22H24N2O7. The summed E-state index contributed by atoms with van der Waals surface area (Å²) in [5.41, 5.74) is 3.53. The topological polar surface area (TPSA) is 159 Å². The predicted octanol–water partition coefficient (Wildman–Crippen LogP) is 0.837. The summed E-state index contributed by atoms with van der Waals surface area (Å²) >= 11 is 0. The summed E-state index contributed by atoms with van der Waals surface area (Å²) in [6.45, 7) is 1.84. The van der Waals surface area contributed by atoms with Crippen molar-refractivity contribution in [3.05, 3.63) is 46.2 Å². The van der Waals surface area contributed by atoms with Crippen molar-refractivity contribution in [1.29, 1.82) is 0 Å². The molecule has 3 aliphatic carbocycles. The van der Waals surface area contributed by atoms with Crippen LogP contribution in [0.2, 0.25) is 0 Å². The van der Waals surface area contributed by atoms with Crippen molar-refractivity contribution in [1.82, 2.24) is 5.32 Å². The number of benzene rings is 1. The Morgan fingerprint density at radius 2 is 1.94 bits per heavy atom. The number of phenols is 1. The molecule has 0 saturated heterocycles. The number of carbonyl (C=O) groups excluding carboxylic acids is 3. The highest BCUT2D eigenvalue weighted by Crippen LogP contribution is 2.56. The number of amides is 1. The highest BCUT2D eigenvalue weighted by Gasteiger charge is 2.65. The standard InChI is InChI=1S/C22H24N2O7/c1-8-9-5-4-6-11(25)14(9)17(27)16-13(8)18(31-3)10-7-12(26)15(21(23)30)19(28)22(10,24-2)20(16)29/h4-6,8,10,13,18,24-25,27-28H,7H2,1-3H3,(H2,23,30)/t8-,10-,13+,18-,22+/m0/s1. The molecule has 9 nitrogen and oxygen atoms in total. The van der Waals surface area contributed by atoms with Gasteiger partial charge in [-0.15, -0.1) is 0 Å². The molecule has 1 fully saturated rings. The molecule has 0 aromatic heterocycles. The van der Waals surface area contributed by atoms with Crippen LogP contribution in [-0.2, 0) is 19.1 Å². The number of hydrogen-bond acceptors (Lipinski definition) is 8. The monoisotopic (exact) mass is 428 g/mol. The van der Waals surface area contributed by atoms with Crippen molar-refractivity contribution >= 4 is 23.2 Å². The van der Waals surface area contributed by atoms with Gasteiger partial charge in [-0.1, -0.05) is 19.1 Å². The fraction of sp³-hybridized carbons (Fsp3) is 0.409. The number of aromatic hydroxyl groups is 1. The van der Waals surface area contributed by atoms with Gasteiger partial charge in [-0.2, -0.15) is 0 Å². The smallest absolute Gasteiger partial charge is 0.255 e. The molecule has 0 unspecified atom stereocenters. The third kappa shape index (κ3) is 2.47. The van der Waals surface area contributed by atoms with Gasteiger partial charge in [0.15, 0.2) is 11.6 Å². The number of primary amides is 1. The Morgan fingerprint density at radius 3 is 2.52 bits per heavy atom. The van der Waals surface area contributed by atoms with Gasteiger partial charge in [-0.25, -0.2) is 0 Å². The Kier molecular flexibility index (Phi) is 4.71. The average molecular weight is 428 g/mol. The number of carbonyl (C=O) groups is 3. The number of methoxy groups -OCH3 is 1. The van der Waals surface area contributed by atoms with E-state index >= 15 is 0 Å². The first kappa shape index (κ1) is 21.1. The molecule has 0 aliphatic heterocycles. The molecule has 3 aliphatic rings. The van der Waals surface area contributed by atoms with Gasteiger partial charge < -0.3 is 31.1 Å². The van der Waals surface area contributed by atoms with Crippen molar-refractivity contribution in [3.8, 4) is 5.75 Å². The molecule has 5 atom stereocenters. The van der Waals surface area contributed by atoms with Crippen LogP contribution in [0.4, 0.5) is 0 Å². The number of likely N-dealkylation sites (N-methyl/N-ethyl adjacent to an activating group) is 1. The number of fused-ring (bicyclic) bond motifs is 3. The maximum absolute atomic E-state index is 13.9. The van der Waals surface area contributed by atoms with E-state index in [1.54, 1.807) is 12.1 Å². The Hall–Kier alpha value is -3.17. The quantitative estimate of drug-likeness (QED) is 0.443. The lowest BCUT2D eigenvalue weighted by Crippen LogP contribution is -2.69. The fourth-order valence-electron chi connectivity index (χ4n) is 5.68. The fourth-order valence-corrected chi connectivity index (χ4v) is 5.68. The van der Waals surface area contributed by atoms with Crippen molar-refractivity contribution in [2.45, 2.75) is 30.9 Å². The minimum Gasteiger partial charge on any atom is -0.509 e. The van der Waals surface area contributed by atoms with Crippen LogP contribution in [0.5, 0.6) is 5.75 Å². The molecule has 0 heterocycles. The number of hydrogen-bond donors (Lipinski definition) is 5. The number of nitrogens with one attached hydrogen (secondary N) is 1. The van der Waals surface area contributed by atoms with Gasteiger partial charge in [-0.3, -0.25) is 14.4 Å². The van der Waals surface area contributed by atoms with Crippen LogP contribution < -0.4 is 11.1 Å². The number of Topliss-reactive ketones (excluding diaryl/α,β-unsaturated/α-hetero) is 2. The zero-order chi connectivity index (χ0) is 22.8. The van der Waals surface area contributed by atoms with Gasteiger partial charge in [0, 0.05) is 30.9 Å². The maximum atomic E-state index is 13.9. The zero-order valence-corrected chi connectivity index (χ0v) is 17.3. The van der Waals surface area contributed by atoms with E-state index in [9.17, 15) is 29.7 Å². The number of aliphatic hydroxyl groups is 2. The number of rotatable bonds is 3. The predicted molar refractivity (Wildman–Crippen MR) is 109 cm³/mol. The molecule has 0 bridgehead atoms. The zero-order valence-electron chi connectivity index (χ0n) is 17.3. The van der Waals surface area contributed by atoms with E-state index in [1.165, 1.54) is 20.2 Å². The largest absolute Gasteiger partial charge is 0.509 e. The van der Waals surface area contributed by atoms with Crippen molar-refractivity contribution in [2.75, 3.05) is 14.2 Å². The number of ether oxygens (including phenoxy) is 1. The van der Waals surface area contributed by atoms with Crippen molar-refractivity contribution in [2.24, 2.45) is 17.6 Å². The molecule has 1 aromatic rings. The molecule has 1 saturated carbocycles. The highest BCUT2D eigenvalue weighted by atomic mass is 16.5. The van der Waals surface area contributed by atoms with Gasteiger partial charge in [0.25, 0.3) is 5.91 Å². The average Bonchev–Trinajstić information content (AvgIpc) is 2.71. The summed E-state index contributed by atoms with van der Waals surface area (Å²) < 4.78 is 5.76. The number of aliphatic hydroxyl groups excluding tert-OH is 2. The van der Waals surface area contributed by atoms with Crippen LogP contribution in [0.1, 0.15) is 30.4 Å². The highest BCUT2D eigenvalue weighted by molar-refractivity contribution is 6.23. The van der Waals surface area contributed by atoms with Crippen LogP contribution in [0.3, 0.4) is 0 Å². The van der Waals surface area contributed by atoms with Crippen molar-refractivity contribution in [3.63, 3.8) is 0 Å². The van der Waals surface area contributed by atoms with E-state index in [0.717, 1.165) is 0 Å². The molecule has 0 spiro atoms. The minimum atomic E-state index is -1.89. The number of ketones is 2. The van der Waals surface area contributed by atoms with Crippen LogP contribution in [0, 0.1) is 11.8 Å². The molecule has 1 aromatic carbocycles. The summed E-state index contributed by atoms with van der Waals surface area (Å²) in [6.07, 6.45) is -1.02. The summed E-state index contributed by atoms with van der Waals surface area (Å²) in [5, 5.41) is 35.3. The van der Waals surface area contributed by atoms with Gasteiger partial charge in [-0.05, 0) is 24.6 Å². The Labute approximate surface area is 178 Å². The van der Waals surface area contributed by atoms with Crippen LogP contribution in [-0.4, -0.2) is 58.6 Å². The SMILES string of the molecule is CN[C@]12C(=O)C3=C(O)c4c(O)cccc4[C@H](C)[C@H]3[C@@H](OC)[C@@H]1CC(=O)C(C(N)=O)=C2O. The summed E-state index contributed by atoms with van der Waals surface area (Å²) in [5.74, 6) is -5.73. The first-order chi connectivity index (χ1) is 14.6. The summed E-state index contributed by atoms with van der Waals surface area (Å²) in [4.78, 5) is 38.5. The molecular weight excluding hydrogens is 404 g/mol. The lowest BCUT2D eigenvalue weighted by molar-refractivity contribution is -0.140. The van der Waals surface area contributed by atoms with Gasteiger partial charge >= 0.3 is 0 Å². The Morgan fingerprint density at radius 1 is 1.26 bits per heavy atom. The second kappa shape index (κ2) is 6.93. The Balaban J connectivity index is 2.07. The lowest BCUT2D eigenvalue weighted by atomic mass is 9.54. The molecule has 4 rings (SSSR count). The first-order valence-corrected chi connectivity index (χ1v) is 9.92. The van der Waals surface area contributed by atoms with Crippen LogP contribution >= 0.6 is 0 Å². The van der Waals surface area contributed by atoms with Gasteiger partial charge in [0.1, 0.15) is 28.4 Å². The van der Waals surface area contributed by atoms with Crippen molar-refractivity contribution < 1.29 is 34.4 Å². The second-order valence-electron chi connectivity index (χ2n) is 8.23. The first-order valence-electron chi connectivity index (χ1n) is 9.92. The molecule has 9 heteroatoms. The van der Waals surface area contributed by atoms with E-state index in [1.807, 2.05) is 6.92 Å². The van der Waals surface area contributed by atoms with E-state index in [2.05, 4.69) is 5.32 Å². The second-order valence-corrected chi connectivity index (χ2v) is 8.23. The van der Waals surface area contributed by atoms with E-state index in [4.69, 9.17) is 10.5 Å². The maximum Gasteiger partial charge on any atom is 0.255 e. The van der Waals surface area contributed by atoms with Crippen LogP contribution in [0.15, 0.2) is 35.1 Å². The molecule has 0 radical (unpaired) electrons.